The molecule has 0 radical (unpaired) electrons. The monoisotopic (exact) mass is 259 g/mol. The standard InChI is InChI=1S/C14H17N3O2/c1-17-12(6-8-16-17)5-7-15-14(19)10-11-3-2-4-13(18)9-11/h2-4,6,8-9,18H,5,7,10H2,1H3,(H,15,19). The van der Waals surface area contributed by atoms with Crippen LogP contribution >= 0.6 is 0 Å². The topological polar surface area (TPSA) is 67.2 Å². The Bertz CT molecular complexity index is 563. The van der Waals surface area contributed by atoms with Crippen LogP contribution in [0.15, 0.2) is 36.5 Å². The molecular weight excluding hydrogens is 242 g/mol. The molecule has 0 aliphatic rings. The number of phenolic OH excluding ortho intramolecular Hbond substituents is 1. The van der Waals surface area contributed by atoms with E-state index >= 15 is 0 Å². The molecule has 5 nitrogen and oxygen atoms in total. The van der Waals surface area contributed by atoms with Gasteiger partial charge < -0.3 is 10.4 Å². The van der Waals surface area contributed by atoms with Gasteiger partial charge >= 0.3 is 0 Å². The molecular formula is C14H17N3O2. The Morgan fingerprint density at radius 1 is 1.42 bits per heavy atom. The third-order valence-corrected chi connectivity index (χ3v) is 2.90. The van der Waals surface area contributed by atoms with Crippen molar-refractivity contribution >= 4 is 5.91 Å². The number of nitrogens with zero attached hydrogens (tertiary/aromatic N) is 2. The Labute approximate surface area is 111 Å². The molecule has 0 fully saturated rings. The molecule has 2 aromatic rings. The molecule has 0 spiro atoms. The first-order chi connectivity index (χ1) is 9.15. The van der Waals surface area contributed by atoms with Gasteiger partial charge in [-0.25, -0.2) is 0 Å². The number of carbonyl (C=O) groups excluding carboxylic acids is 1. The molecule has 0 aliphatic carbocycles. The molecule has 0 saturated heterocycles. The van der Waals surface area contributed by atoms with Crippen molar-refractivity contribution in [1.29, 1.82) is 0 Å². The summed E-state index contributed by atoms with van der Waals surface area (Å²) in [6.07, 6.45) is 2.77. The summed E-state index contributed by atoms with van der Waals surface area (Å²) in [5, 5.41) is 16.2. The summed E-state index contributed by atoms with van der Waals surface area (Å²) in [6, 6.07) is 8.67. The van der Waals surface area contributed by atoms with Crippen LogP contribution in [0.5, 0.6) is 5.75 Å². The Balaban J connectivity index is 1.77. The number of aromatic hydroxyl groups is 1. The van der Waals surface area contributed by atoms with Crippen molar-refractivity contribution in [3.63, 3.8) is 0 Å². The number of phenols is 1. The van der Waals surface area contributed by atoms with E-state index in [9.17, 15) is 9.90 Å². The van der Waals surface area contributed by atoms with Crippen LogP contribution in [0.25, 0.3) is 0 Å². The number of amides is 1. The second-order valence-electron chi connectivity index (χ2n) is 4.39. The summed E-state index contributed by atoms with van der Waals surface area (Å²) in [7, 11) is 1.88. The predicted octanol–water partition coefficient (Wildman–Crippen LogP) is 1.03. The normalized spacial score (nSPS) is 10.4. The van der Waals surface area contributed by atoms with Crippen LogP contribution in [-0.4, -0.2) is 27.3 Å². The number of rotatable bonds is 5. The largest absolute Gasteiger partial charge is 0.508 e. The third-order valence-electron chi connectivity index (χ3n) is 2.90. The molecule has 100 valence electrons. The molecule has 0 atom stereocenters. The fraction of sp³-hybridized carbons (Fsp3) is 0.286. The highest BCUT2D eigenvalue weighted by molar-refractivity contribution is 5.78. The molecule has 1 amide bonds. The SMILES string of the molecule is Cn1nccc1CCNC(=O)Cc1cccc(O)c1. The quantitative estimate of drug-likeness (QED) is 0.842. The lowest BCUT2D eigenvalue weighted by molar-refractivity contribution is -0.120. The Kier molecular flexibility index (Phi) is 4.18. The lowest BCUT2D eigenvalue weighted by Gasteiger charge is -2.06. The maximum atomic E-state index is 11.7. The van der Waals surface area contributed by atoms with Crippen LogP contribution in [0.4, 0.5) is 0 Å². The molecule has 0 saturated carbocycles. The summed E-state index contributed by atoms with van der Waals surface area (Å²) in [6.45, 7) is 0.581. The summed E-state index contributed by atoms with van der Waals surface area (Å²) in [5.41, 5.74) is 1.88. The van der Waals surface area contributed by atoms with Gasteiger partial charge in [-0.3, -0.25) is 9.48 Å². The molecule has 19 heavy (non-hydrogen) atoms. The zero-order chi connectivity index (χ0) is 13.7. The molecule has 0 bridgehead atoms. The van der Waals surface area contributed by atoms with E-state index in [0.29, 0.717) is 6.54 Å². The zero-order valence-electron chi connectivity index (χ0n) is 10.8. The van der Waals surface area contributed by atoms with E-state index in [1.807, 2.05) is 19.2 Å². The highest BCUT2D eigenvalue weighted by atomic mass is 16.3. The maximum absolute atomic E-state index is 11.7. The molecule has 0 unspecified atom stereocenters. The molecule has 1 aromatic carbocycles. The van der Waals surface area contributed by atoms with E-state index in [1.165, 1.54) is 0 Å². The number of hydrogen-bond donors (Lipinski definition) is 2. The summed E-state index contributed by atoms with van der Waals surface area (Å²) < 4.78 is 1.79. The molecule has 0 aliphatic heterocycles. The van der Waals surface area contributed by atoms with Gasteiger partial charge in [0.1, 0.15) is 5.75 Å². The molecule has 1 heterocycles. The minimum atomic E-state index is -0.0484. The molecule has 5 heteroatoms. The Hall–Kier alpha value is -2.30. The molecule has 2 N–H and O–H groups in total. The number of benzene rings is 1. The van der Waals surface area contributed by atoms with Crippen molar-refractivity contribution in [3.05, 3.63) is 47.8 Å². The van der Waals surface area contributed by atoms with Gasteiger partial charge in [-0.2, -0.15) is 5.10 Å². The number of hydrogen-bond acceptors (Lipinski definition) is 3. The van der Waals surface area contributed by atoms with Crippen molar-refractivity contribution in [2.75, 3.05) is 6.54 Å². The zero-order valence-corrected chi connectivity index (χ0v) is 10.8. The second kappa shape index (κ2) is 6.04. The van der Waals surface area contributed by atoms with E-state index in [1.54, 1.807) is 29.1 Å². The first-order valence-corrected chi connectivity index (χ1v) is 6.16. The van der Waals surface area contributed by atoms with Gasteiger partial charge in [0, 0.05) is 31.9 Å². The molecule has 1 aromatic heterocycles. The smallest absolute Gasteiger partial charge is 0.224 e. The van der Waals surface area contributed by atoms with Crippen molar-refractivity contribution in [1.82, 2.24) is 15.1 Å². The van der Waals surface area contributed by atoms with Gasteiger partial charge in [0.25, 0.3) is 0 Å². The van der Waals surface area contributed by atoms with Crippen molar-refractivity contribution in [3.8, 4) is 5.75 Å². The van der Waals surface area contributed by atoms with E-state index in [2.05, 4.69) is 10.4 Å². The minimum absolute atomic E-state index is 0.0484. The van der Waals surface area contributed by atoms with E-state index in [-0.39, 0.29) is 18.1 Å². The van der Waals surface area contributed by atoms with E-state index in [4.69, 9.17) is 0 Å². The van der Waals surface area contributed by atoms with Crippen LogP contribution in [0.3, 0.4) is 0 Å². The van der Waals surface area contributed by atoms with E-state index in [0.717, 1.165) is 17.7 Å². The second-order valence-corrected chi connectivity index (χ2v) is 4.39. The average Bonchev–Trinajstić information content (AvgIpc) is 2.75. The van der Waals surface area contributed by atoms with Crippen LogP contribution in [0.2, 0.25) is 0 Å². The highest BCUT2D eigenvalue weighted by Gasteiger charge is 2.04. The van der Waals surface area contributed by atoms with Gasteiger partial charge in [0.05, 0.1) is 6.42 Å². The third kappa shape index (κ3) is 3.84. The summed E-state index contributed by atoms with van der Waals surface area (Å²) in [5.74, 6) is 0.132. The molecule has 2 rings (SSSR count). The number of aromatic nitrogens is 2. The first-order valence-electron chi connectivity index (χ1n) is 6.16. The van der Waals surface area contributed by atoms with Crippen molar-refractivity contribution in [2.24, 2.45) is 7.05 Å². The average molecular weight is 259 g/mol. The fourth-order valence-electron chi connectivity index (χ4n) is 1.89. The number of nitrogens with one attached hydrogen (secondary N) is 1. The first kappa shape index (κ1) is 13.1. The lowest BCUT2D eigenvalue weighted by Crippen LogP contribution is -2.27. The maximum Gasteiger partial charge on any atom is 0.224 e. The van der Waals surface area contributed by atoms with Crippen molar-refractivity contribution < 1.29 is 9.90 Å². The number of aryl methyl sites for hydroxylation is 1. The van der Waals surface area contributed by atoms with Gasteiger partial charge in [0.2, 0.25) is 5.91 Å². The van der Waals surface area contributed by atoms with Gasteiger partial charge in [-0.1, -0.05) is 12.1 Å². The van der Waals surface area contributed by atoms with E-state index < -0.39 is 0 Å². The minimum Gasteiger partial charge on any atom is -0.508 e. The summed E-state index contributed by atoms with van der Waals surface area (Å²) in [4.78, 5) is 11.7. The number of carbonyl (C=O) groups is 1. The van der Waals surface area contributed by atoms with Gasteiger partial charge in [-0.05, 0) is 23.8 Å². The van der Waals surface area contributed by atoms with Gasteiger partial charge in [0.15, 0.2) is 0 Å². The van der Waals surface area contributed by atoms with Crippen LogP contribution in [0.1, 0.15) is 11.3 Å². The Morgan fingerprint density at radius 3 is 2.95 bits per heavy atom. The fourth-order valence-corrected chi connectivity index (χ4v) is 1.89. The Morgan fingerprint density at radius 2 is 2.26 bits per heavy atom. The van der Waals surface area contributed by atoms with Crippen LogP contribution < -0.4 is 5.32 Å². The predicted molar refractivity (Wildman–Crippen MR) is 71.7 cm³/mol. The van der Waals surface area contributed by atoms with Crippen LogP contribution in [0, 0.1) is 0 Å². The van der Waals surface area contributed by atoms with Crippen molar-refractivity contribution in [2.45, 2.75) is 12.8 Å². The lowest BCUT2D eigenvalue weighted by atomic mass is 10.1. The summed E-state index contributed by atoms with van der Waals surface area (Å²) >= 11 is 0. The highest BCUT2D eigenvalue weighted by Crippen LogP contribution is 2.11. The van der Waals surface area contributed by atoms with Crippen LogP contribution in [-0.2, 0) is 24.7 Å². The van der Waals surface area contributed by atoms with Gasteiger partial charge in [-0.15, -0.1) is 0 Å².